The van der Waals surface area contributed by atoms with E-state index in [0.717, 1.165) is 36.2 Å². The average molecular weight is 314 g/mol. The molecule has 0 saturated carbocycles. The summed E-state index contributed by atoms with van der Waals surface area (Å²) in [6.45, 7) is 0.906. The number of likely N-dealkylation sites (N-methyl/N-ethyl adjacent to an activating group) is 1. The molecule has 0 fully saturated rings. The van der Waals surface area contributed by atoms with Crippen LogP contribution >= 0.6 is 0 Å². The maximum absolute atomic E-state index is 10.2. The predicted molar refractivity (Wildman–Crippen MR) is 87.2 cm³/mol. The SMILES string of the molecule is COc1cc2c(cc1O)[C@@H]1Cc3cc(O)c(O)cc3[N@+]1(C)CC2. The minimum absolute atomic E-state index is 0.0759. The number of hydrogen-bond donors (Lipinski definition) is 3. The van der Waals surface area contributed by atoms with Crippen molar-refractivity contribution in [3.8, 4) is 23.0 Å². The number of fused-ring (bicyclic) bond motifs is 5. The smallest absolute Gasteiger partial charge is 0.163 e. The standard InChI is InChI=1S/C18H19NO4/c1-19-4-3-10-7-18(23-2)17(22)8-12(10)14(19)5-11-6-15(20)16(21)9-13(11)19/h6-9,14H,3-5H2,1-2H3,(H2-,20,21,22)/p+1/t14-,19-/m0/s1. The molecule has 5 heteroatoms. The van der Waals surface area contributed by atoms with Gasteiger partial charge in [0.15, 0.2) is 23.0 Å². The Morgan fingerprint density at radius 1 is 1.00 bits per heavy atom. The van der Waals surface area contributed by atoms with E-state index >= 15 is 0 Å². The molecule has 0 spiro atoms. The quantitative estimate of drug-likeness (QED) is 0.559. The molecule has 0 aromatic heterocycles. The fourth-order valence-electron chi connectivity index (χ4n) is 4.19. The highest BCUT2D eigenvalue weighted by Crippen LogP contribution is 2.52. The Morgan fingerprint density at radius 2 is 1.74 bits per heavy atom. The molecule has 0 saturated heterocycles. The minimum atomic E-state index is -0.0767. The molecule has 4 rings (SSSR count). The van der Waals surface area contributed by atoms with Gasteiger partial charge in [0.05, 0.1) is 20.7 Å². The lowest BCUT2D eigenvalue weighted by molar-refractivity contribution is 0.251. The molecule has 5 nitrogen and oxygen atoms in total. The van der Waals surface area contributed by atoms with E-state index < -0.39 is 0 Å². The number of benzene rings is 2. The van der Waals surface area contributed by atoms with Crippen LogP contribution in [0.4, 0.5) is 5.69 Å². The third-order valence-corrected chi connectivity index (χ3v) is 5.47. The first-order valence-corrected chi connectivity index (χ1v) is 7.74. The normalized spacial score (nSPS) is 24.7. The van der Waals surface area contributed by atoms with Gasteiger partial charge in [-0.3, -0.25) is 4.48 Å². The number of methoxy groups -OCH3 is 1. The highest BCUT2D eigenvalue weighted by Gasteiger charge is 2.48. The number of phenolic OH excluding ortho intramolecular Hbond substituents is 3. The van der Waals surface area contributed by atoms with Crippen molar-refractivity contribution in [1.82, 2.24) is 4.48 Å². The summed E-state index contributed by atoms with van der Waals surface area (Å²) >= 11 is 0. The number of hydrogen-bond acceptors (Lipinski definition) is 4. The van der Waals surface area contributed by atoms with Crippen molar-refractivity contribution in [3.63, 3.8) is 0 Å². The van der Waals surface area contributed by atoms with Crippen molar-refractivity contribution in [2.75, 3.05) is 20.7 Å². The zero-order valence-corrected chi connectivity index (χ0v) is 13.2. The Bertz CT molecular complexity index is 817. The second kappa shape index (κ2) is 4.55. The van der Waals surface area contributed by atoms with Gasteiger partial charge in [-0.05, 0) is 23.8 Å². The molecule has 2 atom stereocenters. The van der Waals surface area contributed by atoms with Crippen molar-refractivity contribution in [2.24, 2.45) is 0 Å². The summed E-state index contributed by atoms with van der Waals surface area (Å²) in [7, 11) is 3.71. The molecule has 2 heterocycles. The number of rotatable bonds is 1. The van der Waals surface area contributed by atoms with Crippen LogP contribution < -0.4 is 9.22 Å². The second-order valence-corrected chi connectivity index (χ2v) is 6.65. The van der Waals surface area contributed by atoms with E-state index in [1.807, 2.05) is 6.07 Å². The van der Waals surface area contributed by atoms with E-state index in [2.05, 4.69) is 7.05 Å². The molecule has 2 aliphatic rings. The topological polar surface area (TPSA) is 69.9 Å². The van der Waals surface area contributed by atoms with Crippen molar-refractivity contribution >= 4 is 5.69 Å². The molecule has 3 N–H and O–H groups in total. The van der Waals surface area contributed by atoms with E-state index in [1.165, 1.54) is 5.56 Å². The maximum Gasteiger partial charge on any atom is 0.163 e. The Hall–Kier alpha value is -2.40. The van der Waals surface area contributed by atoms with Crippen LogP contribution in [0.3, 0.4) is 0 Å². The third kappa shape index (κ3) is 1.83. The van der Waals surface area contributed by atoms with Gasteiger partial charge in [0, 0.05) is 30.0 Å². The van der Waals surface area contributed by atoms with Gasteiger partial charge >= 0.3 is 0 Å². The van der Waals surface area contributed by atoms with Crippen LogP contribution in [0.15, 0.2) is 24.3 Å². The summed E-state index contributed by atoms with van der Waals surface area (Å²) in [6, 6.07) is 7.24. The van der Waals surface area contributed by atoms with Crippen molar-refractivity contribution in [2.45, 2.75) is 18.9 Å². The van der Waals surface area contributed by atoms with Crippen LogP contribution in [0.25, 0.3) is 0 Å². The van der Waals surface area contributed by atoms with Gasteiger partial charge in [0.2, 0.25) is 0 Å². The Morgan fingerprint density at radius 3 is 2.48 bits per heavy atom. The van der Waals surface area contributed by atoms with Crippen LogP contribution in [0.5, 0.6) is 23.0 Å². The molecule has 2 aliphatic heterocycles. The summed E-state index contributed by atoms with van der Waals surface area (Å²) in [5.74, 6) is 0.507. The van der Waals surface area contributed by atoms with Gasteiger partial charge in [-0.2, -0.15) is 0 Å². The Labute approximate surface area is 134 Å². The van der Waals surface area contributed by atoms with E-state index in [1.54, 1.807) is 25.3 Å². The summed E-state index contributed by atoms with van der Waals surface area (Å²) in [4.78, 5) is 0. The van der Waals surface area contributed by atoms with Gasteiger partial charge in [0.1, 0.15) is 11.7 Å². The molecule has 0 unspecified atom stereocenters. The van der Waals surface area contributed by atoms with E-state index in [9.17, 15) is 15.3 Å². The first kappa shape index (κ1) is 14.2. The van der Waals surface area contributed by atoms with Gasteiger partial charge in [-0.15, -0.1) is 0 Å². The molecule has 0 bridgehead atoms. The number of quaternary nitrogens is 1. The molecule has 2 aromatic carbocycles. The zero-order chi connectivity index (χ0) is 16.4. The highest BCUT2D eigenvalue weighted by molar-refractivity contribution is 5.65. The fourth-order valence-corrected chi connectivity index (χ4v) is 4.19. The van der Waals surface area contributed by atoms with Gasteiger partial charge in [-0.1, -0.05) is 0 Å². The molecule has 0 amide bonds. The summed E-state index contributed by atoms with van der Waals surface area (Å²) in [5, 5.41) is 29.8. The first-order valence-electron chi connectivity index (χ1n) is 7.74. The molecular formula is C18H20NO4+. The van der Waals surface area contributed by atoms with Crippen LogP contribution in [0, 0.1) is 0 Å². The summed E-state index contributed by atoms with van der Waals surface area (Å²) in [6.07, 6.45) is 1.65. The molecule has 120 valence electrons. The highest BCUT2D eigenvalue weighted by atomic mass is 16.5. The second-order valence-electron chi connectivity index (χ2n) is 6.65. The van der Waals surface area contributed by atoms with Crippen molar-refractivity contribution < 1.29 is 20.1 Å². The molecule has 0 radical (unpaired) electrons. The number of ether oxygens (including phenoxy) is 1. The molecule has 0 aliphatic carbocycles. The molecule has 2 aromatic rings. The number of phenols is 3. The third-order valence-electron chi connectivity index (χ3n) is 5.47. The van der Waals surface area contributed by atoms with Gasteiger partial charge < -0.3 is 20.1 Å². The van der Waals surface area contributed by atoms with Crippen molar-refractivity contribution in [1.29, 1.82) is 0 Å². The summed E-state index contributed by atoms with van der Waals surface area (Å²) in [5.41, 5.74) is 4.41. The predicted octanol–water partition coefficient (Wildman–Crippen LogP) is 2.60. The van der Waals surface area contributed by atoms with E-state index in [4.69, 9.17) is 4.74 Å². The van der Waals surface area contributed by atoms with Crippen LogP contribution in [0.1, 0.15) is 22.7 Å². The lowest BCUT2D eigenvalue weighted by Gasteiger charge is -2.41. The molecular weight excluding hydrogens is 294 g/mol. The van der Waals surface area contributed by atoms with E-state index in [-0.39, 0.29) is 23.3 Å². The fraction of sp³-hybridized carbons (Fsp3) is 0.333. The van der Waals surface area contributed by atoms with Crippen molar-refractivity contribution in [3.05, 3.63) is 41.0 Å². The Balaban J connectivity index is 1.87. The van der Waals surface area contributed by atoms with Gasteiger partial charge in [-0.25, -0.2) is 0 Å². The van der Waals surface area contributed by atoms with Crippen LogP contribution in [-0.2, 0) is 12.8 Å². The number of nitrogens with zero attached hydrogens (tertiary/aromatic N) is 1. The minimum Gasteiger partial charge on any atom is -0.504 e. The largest absolute Gasteiger partial charge is 0.504 e. The average Bonchev–Trinajstić information content (AvgIpc) is 2.80. The lowest BCUT2D eigenvalue weighted by Crippen LogP contribution is -2.50. The molecule has 23 heavy (non-hydrogen) atoms. The van der Waals surface area contributed by atoms with Gasteiger partial charge in [0.25, 0.3) is 0 Å². The number of aromatic hydroxyl groups is 3. The Kier molecular flexibility index (Phi) is 2.81. The van der Waals surface area contributed by atoms with E-state index in [0.29, 0.717) is 10.2 Å². The summed E-state index contributed by atoms with van der Waals surface area (Å²) < 4.78 is 5.90. The van der Waals surface area contributed by atoms with Crippen LogP contribution in [-0.4, -0.2) is 36.0 Å². The lowest BCUT2D eigenvalue weighted by atomic mass is 9.90. The van der Waals surface area contributed by atoms with Crippen LogP contribution in [0.2, 0.25) is 0 Å². The monoisotopic (exact) mass is 314 g/mol. The zero-order valence-electron chi connectivity index (χ0n) is 13.2. The first-order chi connectivity index (χ1) is 10.9. The maximum atomic E-state index is 10.2.